The average Bonchev–Trinajstić information content (AvgIpc) is 2.01. The van der Waals surface area contributed by atoms with E-state index in [4.69, 9.17) is 5.26 Å². The third-order valence-corrected chi connectivity index (χ3v) is 2.29. The molecule has 3 nitrogen and oxygen atoms in total. The monoisotopic (exact) mass is 178 g/mol. The van der Waals surface area contributed by atoms with E-state index in [1.54, 1.807) is 7.05 Å². The van der Waals surface area contributed by atoms with Crippen LogP contribution in [0.25, 0.3) is 0 Å². The topological polar surface area (TPSA) is 52.9 Å². The minimum absolute atomic E-state index is 0.0181. The maximum absolute atomic E-state index is 11.5. The molecular formula is C10H14N2O. The molecule has 0 bridgehead atoms. The summed E-state index contributed by atoms with van der Waals surface area (Å²) in [7, 11) is 1.75. The highest BCUT2D eigenvalue weighted by Crippen LogP contribution is 2.35. The Morgan fingerprint density at radius 3 is 2.54 bits per heavy atom. The molecule has 0 atom stereocenters. The summed E-state index contributed by atoms with van der Waals surface area (Å²) in [4.78, 5) is 11.5. The van der Waals surface area contributed by atoms with Crippen LogP contribution in [0.2, 0.25) is 0 Å². The number of nitrogens with one attached hydrogen (secondary N) is 1. The molecule has 1 N–H and O–H groups in total. The molecule has 0 aromatic heterocycles. The first-order valence-electron chi connectivity index (χ1n) is 4.34. The summed E-state index contributed by atoms with van der Waals surface area (Å²) in [5, 5.41) is 11.7. The number of hydrogen-bond donors (Lipinski definition) is 1. The molecule has 0 heterocycles. The lowest BCUT2D eigenvalue weighted by Gasteiger charge is -2.29. The van der Waals surface area contributed by atoms with Gasteiger partial charge in [0.15, 0.2) is 5.78 Å². The Kier molecular flexibility index (Phi) is 2.42. The van der Waals surface area contributed by atoms with Crippen molar-refractivity contribution in [3.8, 4) is 6.07 Å². The second-order valence-corrected chi connectivity index (χ2v) is 4.16. The van der Waals surface area contributed by atoms with Gasteiger partial charge in [-0.3, -0.25) is 4.79 Å². The average molecular weight is 178 g/mol. The van der Waals surface area contributed by atoms with E-state index in [1.165, 1.54) is 0 Å². The first-order valence-corrected chi connectivity index (χ1v) is 4.34. The maximum atomic E-state index is 11.5. The maximum Gasteiger partial charge on any atom is 0.175 e. The van der Waals surface area contributed by atoms with Crippen LogP contribution in [0, 0.1) is 16.7 Å². The van der Waals surface area contributed by atoms with E-state index in [2.05, 4.69) is 5.32 Å². The molecule has 0 saturated heterocycles. The van der Waals surface area contributed by atoms with Gasteiger partial charge >= 0.3 is 0 Å². The Labute approximate surface area is 78.4 Å². The van der Waals surface area contributed by atoms with Crippen molar-refractivity contribution in [3.05, 3.63) is 11.3 Å². The third kappa shape index (κ3) is 1.89. The lowest BCUT2D eigenvalue weighted by molar-refractivity contribution is -0.117. The zero-order chi connectivity index (χ0) is 10.1. The number of Topliss-reactive ketones (excluding diaryl/α,β-unsaturated/α-hetero) is 1. The molecule has 1 aliphatic carbocycles. The summed E-state index contributed by atoms with van der Waals surface area (Å²) >= 11 is 0. The van der Waals surface area contributed by atoms with Gasteiger partial charge in [0.05, 0.1) is 0 Å². The Bertz CT molecular complexity index is 307. The van der Waals surface area contributed by atoms with Gasteiger partial charge in [0.2, 0.25) is 0 Å². The van der Waals surface area contributed by atoms with E-state index in [0.29, 0.717) is 12.0 Å². The minimum Gasteiger partial charge on any atom is -0.390 e. The molecule has 1 rings (SSSR count). The molecule has 0 radical (unpaired) electrons. The van der Waals surface area contributed by atoms with Crippen LogP contribution in [0.1, 0.15) is 26.7 Å². The zero-order valence-electron chi connectivity index (χ0n) is 8.27. The molecule has 0 aromatic carbocycles. The molecule has 0 aromatic rings. The SMILES string of the molecule is CNC1=C(C#N)C(=O)CC(C)(C)C1. The molecule has 0 unspecified atom stereocenters. The number of nitrogens with zero attached hydrogens (tertiary/aromatic N) is 1. The Hall–Kier alpha value is -1.30. The van der Waals surface area contributed by atoms with Crippen LogP contribution in [0.3, 0.4) is 0 Å². The van der Waals surface area contributed by atoms with Gasteiger partial charge in [-0.1, -0.05) is 13.8 Å². The van der Waals surface area contributed by atoms with Crippen molar-refractivity contribution in [3.63, 3.8) is 0 Å². The molecule has 3 heteroatoms. The molecule has 70 valence electrons. The molecule has 1 aliphatic rings. The Morgan fingerprint density at radius 1 is 1.46 bits per heavy atom. The first kappa shape index (κ1) is 9.79. The summed E-state index contributed by atoms with van der Waals surface area (Å²) in [6.07, 6.45) is 1.25. The van der Waals surface area contributed by atoms with Crippen molar-refractivity contribution in [2.45, 2.75) is 26.7 Å². The highest BCUT2D eigenvalue weighted by atomic mass is 16.1. The van der Waals surface area contributed by atoms with Crippen molar-refractivity contribution < 1.29 is 4.79 Å². The quantitative estimate of drug-likeness (QED) is 0.659. The van der Waals surface area contributed by atoms with Crippen LogP contribution < -0.4 is 5.32 Å². The van der Waals surface area contributed by atoms with Crippen molar-refractivity contribution in [2.75, 3.05) is 7.05 Å². The molecule has 0 saturated carbocycles. The largest absolute Gasteiger partial charge is 0.390 e. The van der Waals surface area contributed by atoms with E-state index in [0.717, 1.165) is 12.1 Å². The van der Waals surface area contributed by atoms with E-state index in [9.17, 15) is 4.79 Å². The number of nitriles is 1. The van der Waals surface area contributed by atoms with E-state index in [-0.39, 0.29) is 11.2 Å². The fourth-order valence-electron chi connectivity index (χ4n) is 1.66. The molecular weight excluding hydrogens is 164 g/mol. The fourth-order valence-corrected chi connectivity index (χ4v) is 1.66. The summed E-state index contributed by atoms with van der Waals surface area (Å²) < 4.78 is 0. The minimum atomic E-state index is -0.0388. The number of rotatable bonds is 1. The lowest BCUT2D eigenvalue weighted by atomic mass is 9.76. The second kappa shape index (κ2) is 3.21. The molecule has 0 spiro atoms. The predicted octanol–water partition coefficient (Wildman–Crippen LogP) is 1.37. The second-order valence-electron chi connectivity index (χ2n) is 4.16. The highest BCUT2D eigenvalue weighted by molar-refractivity contribution is 6.00. The number of ketones is 1. The molecule has 13 heavy (non-hydrogen) atoms. The van der Waals surface area contributed by atoms with Crippen LogP contribution in [-0.2, 0) is 4.79 Å². The number of carbonyl (C=O) groups is 1. The summed E-state index contributed by atoms with van der Waals surface area (Å²) in [6.45, 7) is 4.08. The smallest absolute Gasteiger partial charge is 0.175 e. The van der Waals surface area contributed by atoms with Gasteiger partial charge in [-0.25, -0.2) is 0 Å². The number of hydrogen-bond acceptors (Lipinski definition) is 3. The first-order chi connectivity index (χ1) is 6.00. The van der Waals surface area contributed by atoms with Crippen molar-refractivity contribution >= 4 is 5.78 Å². The normalized spacial score (nSPS) is 21.2. The van der Waals surface area contributed by atoms with E-state index < -0.39 is 0 Å². The van der Waals surface area contributed by atoms with Crippen LogP contribution in [-0.4, -0.2) is 12.8 Å². The van der Waals surface area contributed by atoms with Gasteiger partial charge in [0.1, 0.15) is 11.6 Å². The molecule has 0 aliphatic heterocycles. The lowest BCUT2D eigenvalue weighted by Crippen LogP contribution is -2.29. The number of carbonyl (C=O) groups excluding carboxylic acids is 1. The fraction of sp³-hybridized carbons (Fsp3) is 0.600. The van der Waals surface area contributed by atoms with Crippen LogP contribution in [0.5, 0.6) is 0 Å². The molecule has 0 fully saturated rings. The van der Waals surface area contributed by atoms with Crippen LogP contribution in [0.15, 0.2) is 11.3 Å². The van der Waals surface area contributed by atoms with Crippen LogP contribution >= 0.6 is 0 Å². The van der Waals surface area contributed by atoms with Crippen molar-refractivity contribution in [2.24, 2.45) is 5.41 Å². The zero-order valence-corrected chi connectivity index (χ0v) is 8.27. The number of allylic oxidation sites excluding steroid dienone is 2. The van der Waals surface area contributed by atoms with Crippen molar-refractivity contribution in [1.29, 1.82) is 5.26 Å². The predicted molar refractivity (Wildman–Crippen MR) is 49.7 cm³/mol. The van der Waals surface area contributed by atoms with Gasteiger partial charge in [0, 0.05) is 19.2 Å². The summed E-state index contributed by atoms with van der Waals surface area (Å²) in [6, 6.07) is 1.96. The van der Waals surface area contributed by atoms with E-state index >= 15 is 0 Å². The standard InChI is InChI=1S/C10H14N2O/c1-10(2)4-8(12-3)7(6-11)9(13)5-10/h12H,4-5H2,1-3H3. The van der Waals surface area contributed by atoms with Gasteiger partial charge in [-0.15, -0.1) is 0 Å². The summed E-state index contributed by atoms with van der Waals surface area (Å²) in [5.74, 6) is -0.0388. The summed E-state index contributed by atoms with van der Waals surface area (Å²) in [5.41, 5.74) is 1.07. The highest BCUT2D eigenvalue weighted by Gasteiger charge is 2.32. The Balaban J connectivity index is 3.08. The van der Waals surface area contributed by atoms with Crippen LogP contribution in [0.4, 0.5) is 0 Å². The van der Waals surface area contributed by atoms with Gasteiger partial charge < -0.3 is 5.32 Å². The van der Waals surface area contributed by atoms with Gasteiger partial charge in [0.25, 0.3) is 0 Å². The van der Waals surface area contributed by atoms with E-state index in [1.807, 2.05) is 19.9 Å². The molecule has 0 amide bonds. The van der Waals surface area contributed by atoms with Gasteiger partial charge in [-0.2, -0.15) is 5.26 Å². The Morgan fingerprint density at radius 2 is 2.08 bits per heavy atom. The third-order valence-electron chi connectivity index (χ3n) is 2.29. The van der Waals surface area contributed by atoms with Crippen molar-refractivity contribution in [1.82, 2.24) is 5.32 Å². The van der Waals surface area contributed by atoms with Gasteiger partial charge in [-0.05, 0) is 11.8 Å².